The van der Waals surface area contributed by atoms with E-state index in [-0.39, 0.29) is 0 Å². The van der Waals surface area contributed by atoms with Crippen molar-refractivity contribution in [2.24, 2.45) is 0 Å². The van der Waals surface area contributed by atoms with E-state index < -0.39 is 0 Å². The van der Waals surface area contributed by atoms with Crippen molar-refractivity contribution >= 4 is 17.3 Å². The third-order valence-electron chi connectivity index (χ3n) is 3.27. The minimum atomic E-state index is 0.471. The van der Waals surface area contributed by atoms with Crippen LogP contribution in [0.25, 0.3) is 0 Å². The number of ether oxygens (including phenoxy) is 1. The van der Waals surface area contributed by atoms with Crippen molar-refractivity contribution in [3.8, 4) is 5.75 Å². The fraction of sp³-hybridized carbons (Fsp3) is 0.538. The third kappa shape index (κ3) is 2.50. The summed E-state index contributed by atoms with van der Waals surface area (Å²) in [5.41, 5.74) is 2.23. The summed E-state index contributed by atoms with van der Waals surface area (Å²) in [6, 6.07) is 4.49. The number of benzene rings is 1. The van der Waals surface area contributed by atoms with Gasteiger partial charge in [-0.3, -0.25) is 0 Å². The van der Waals surface area contributed by atoms with Gasteiger partial charge in [0.2, 0.25) is 0 Å². The van der Waals surface area contributed by atoms with Gasteiger partial charge >= 0.3 is 0 Å². The molecule has 1 fully saturated rings. The molecule has 0 spiro atoms. The topological polar surface area (TPSA) is 24.5 Å². The monoisotopic (exact) mass is 254 g/mol. The Labute approximate surface area is 108 Å². The standard InChI is InChI=1S/C13H19ClN2O/c1-9-6-12(13(17-3)7-11(9)14)16-5-4-15-8-10(16)2/h6-7,10,15H,4-5,8H2,1-3H3. The van der Waals surface area contributed by atoms with E-state index in [0.29, 0.717) is 6.04 Å². The highest BCUT2D eigenvalue weighted by molar-refractivity contribution is 6.31. The molecule has 3 nitrogen and oxygen atoms in total. The Morgan fingerprint density at radius 1 is 1.47 bits per heavy atom. The van der Waals surface area contributed by atoms with Crippen LogP contribution in [0.2, 0.25) is 5.02 Å². The summed E-state index contributed by atoms with van der Waals surface area (Å²) in [7, 11) is 1.69. The van der Waals surface area contributed by atoms with Gasteiger partial charge in [0.1, 0.15) is 5.75 Å². The molecule has 0 amide bonds. The van der Waals surface area contributed by atoms with Gasteiger partial charge in [0, 0.05) is 36.8 Å². The van der Waals surface area contributed by atoms with Crippen LogP contribution in [0.15, 0.2) is 12.1 Å². The number of anilines is 1. The predicted octanol–water partition coefficient (Wildman–Crippen LogP) is 2.46. The van der Waals surface area contributed by atoms with E-state index >= 15 is 0 Å². The van der Waals surface area contributed by atoms with Crippen LogP contribution in [0.4, 0.5) is 5.69 Å². The van der Waals surface area contributed by atoms with E-state index in [1.807, 2.05) is 13.0 Å². The highest BCUT2D eigenvalue weighted by Gasteiger charge is 2.21. The Bertz CT molecular complexity index is 409. The molecule has 1 aliphatic rings. The second-order valence-electron chi connectivity index (χ2n) is 4.52. The minimum Gasteiger partial charge on any atom is -0.495 e. The van der Waals surface area contributed by atoms with Crippen molar-refractivity contribution in [2.45, 2.75) is 19.9 Å². The molecule has 0 saturated carbocycles. The molecule has 0 aromatic heterocycles. The summed E-state index contributed by atoms with van der Waals surface area (Å²) in [5.74, 6) is 0.856. The van der Waals surface area contributed by atoms with Crippen LogP contribution in [0.5, 0.6) is 5.75 Å². The molecule has 1 saturated heterocycles. The molecule has 4 heteroatoms. The summed E-state index contributed by atoms with van der Waals surface area (Å²) in [6.07, 6.45) is 0. The molecule has 1 atom stereocenters. The first-order chi connectivity index (χ1) is 8.13. The molecule has 0 radical (unpaired) electrons. The van der Waals surface area contributed by atoms with Gasteiger partial charge in [-0.1, -0.05) is 11.6 Å². The van der Waals surface area contributed by atoms with Gasteiger partial charge in [-0.25, -0.2) is 0 Å². The van der Waals surface area contributed by atoms with Crippen LogP contribution in [0.1, 0.15) is 12.5 Å². The van der Waals surface area contributed by atoms with Gasteiger partial charge in [-0.05, 0) is 25.5 Å². The van der Waals surface area contributed by atoms with Crippen molar-refractivity contribution in [1.82, 2.24) is 5.32 Å². The molecule has 2 rings (SSSR count). The maximum absolute atomic E-state index is 6.13. The third-order valence-corrected chi connectivity index (χ3v) is 3.68. The highest BCUT2D eigenvalue weighted by Crippen LogP contribution is 2.34. The zero-order chi connectivity index (χ0) is 12.4. The van der Waals surface area contributed by atoms with E-state index in [9.17, 15) is 0 Å². The zero-order valence-electron chi connectivity index (χ0n) is 10.6. The molecular weight excluding hydrogens is 236 g/mol. The highest BCUT2D eigenvalue weighted by atomic mass is 35.5. The minimum absolute atomic E-state index is 0.471. The van der Waals surface area contributed by atoms with Crippen LogP contribution in [-0.2, 0) is 0 Å². The summed E-state index contributed by atoms with van der Waals surface area (Å²) in [5, 5.41) is 4.15. The van der Waals surface area contributed by atoms with Crippen molar-refractivity contribution in [3.63, 3.8) is 0 Å². The fourth-order valence-corrected chi connectivity index (χ4v) is 2.39. The van der Waals surface area contributed by atoms with E-state index in [0.717, 1.165) is 41.7 Å². The Morgan fingerprint density at radius 3 is 2.88 bits per heavy atom. The molecule has 1 unspecified atom stereocenters. The Hall–Kier alpha value is -0.930. The first-order valence-electron chi connectivity index (χ1n) is 5.95. The van der Waals surface area contributed by atoms with Crippen LogP contribution in [-0.4, -0.2) is 32.8 Å². The molecule has 1 heterocycles. The number of hydrogen-bond acceptors (Lipinski definition) is 3. The van der Waals surface area contributed by atoms with Gasteiger partial charge in [-0.2, -0.15) is 0 Å². The maximum Gasteiger partial charge on any atom is 0.143 e. The lowest BCUT2D eigenvalue weighted by Crippen LogP contribution is -2.50. The first-order valence-corrected chi connectivity index (χ1v) is 6.32. The molecule has 0 aliphatic carbocycles. The molecular formula is C13H19ClN2O. The summed E-state index contributed by atoms with van der Waals surface area (Å²) in [6.45, 7) is 7.26. The summed E-state index contributed by atoms with van der Waals surface area (Å²) < 4.78 is 5.44. The van der Waals surface area contributed by atoms with E-state index in [1.54, 1.807) is 7.11 Å². The van der Waals surface area contributed by atoms with Gasteiger partial charge in [0.05, 0.1) is 12.8 Å². The van der Waals surface area contributed by atoms with Crippen LogP contribution < -0.4 is 15.0 Å². The molecule has 0 bridgehead atoms. The van der Waals surface area contributed by atoms with Crippen molar-refractivity contribution < 1.29 is 4.74 Å². The quantitative estimate of drug-likeness (QED) is 0.878. The van der Waals surface area contributed by atoms with Crippen molar-refractivity contribution in [3.05, 3.63) is 22.7 Å². The fourth-order valence-electron chi connectivity index (χ4n) is 2.23. The lowest BCUT2D eigenvalue weighted by atomic mass is 10.1. The van der Waals surface area contributed by atoms with Crippen molar-refractivity contribution in [2.75, 3.05) is 31.6 Å². The second kappa shape index (κ2) is 5.15. The van der Waals surface area contributed by atoms with Crippen LogP contribution >= 0.6 is 11.6 Å². The van der Waals surface area contributed by atoms with E-state index in [2.05, 4.69) is 23.2 Å². The number of nitrogens with zero attached hydrogens (tertiary/aromatic N) is 1. The van der Waals surface area contributed by atoms with Gasteiger partial charge in [-0.15, -0.1) is 0 Å². The summed E-state index contributed by atoms with van der Waals surface area (Å²) >= 11 is 6.13. The average Bonchev–Trinajstić information content (AvgIpc) is 2.33. The van der Waals surface area contributed by atoms with Gasteiger partial charge in [0.15, 0.2) is 0 Å². The number of rotatable bonds is 2. The molecule has 1 aromatic carbocycles. The lowest BCUT2D eigenvalue weighted by Gasteiger charge is -2.36. The maximum atomic E-state index is 6.13. The van der Waals surface area contributed by atoms with Gasteiger partial charge in [0.25, 0.3) is 0 Å². The molecule has 1 aromatic rings. The second-order valence-corrected chi connectivity index (χ2v) is 4.93. The molecule has 1 aliphatic heterocycles. The smallest absolute Gasteiger partial charge is 0.143 e. The van der Waals surface area contributed by atoms with Crippen LogP contribution in [0.3, 0.4) is 0 Å². The Kier molecular flexibility index (Phi) is 3.79. The van der Waals surface area contributed by atoms with Gasteiger partial charge < -0.3 is 15.0 Å². The molecule has 94 valence electrons. The zero-order valence-corrected chi connectivity index (χ0v) is 11.3. The van der Waals surface area contributed by atoms with Crippen molar-refractivity contribution in [1.29, 1.82) is 0 Å². The molecule has 17 heavy (non-hydrogen) atoms. The Morgan fingerprint density at radius 2 is 2.24 bits per heavy atom. The van der Waals surface area contributed by atoms with Crippen LogP contribution in [0, 0.1) is 6.92 Å². The largest absolute Gasteiger partial charge is 0.495 e. The predicted molar refractivity (Wildman–Crippen MR) is 72.4 cm³/mol. The lowest BCUT2D eigenvalue weighted by molar-refractivity contribution is 0.409. The molecule has 1 N–H and O–H groups in total. The van der Waals surface area contributed by atoms with E-state index in [4.69, 9.17) is 16.3 Å². The number of aryl methyl sites for hydroxylation is 1. The number of hydrogen-bond donors (Lipinski definition) is 1. The first kappa shape index (κ1) is 12.5. The number of piperazine rings is 1. The normalized spacial score (nSPS) is 20.5. The SMILES string of the molecule is COc1cc(Cl)c(C)cc1N1CCNCC1C. The Balaban J connectivity index is 2.38. The number of methoxy groups -OCH3 is 1. The number of halogens is 1. The van der Waals surface area contributed by atoms with E-state index in [1.165, 1.54) is 0 Å². The number of nitrogens with one attached hydrogen (secondary N) is 1. The average molecular weight is 255 g/mol. The summed E-state index contributed by atoms with van der Waals surface area (Å²) in [4.78, 5) is 2.37.